The summed E-state index contributed by atoms with van der Waals surface area (Å²) in [7, 11) is 1.54. The molecule has 0 bridgehead atoms. The number of hydrogen-bond donors (Lipinski definition) is 1. The molecule has 148 valence electrons. The summed E-state index contributed by atoms with van der Waals surface area (Å²) in [5.74, 6) is -0.844. The lowest BCUT2D eigenvalue weighted by Crippen LogP contribution is -2.29. The van der Waals surface area contributed by atoms with Gasteiger partial charge in [0.15, 0.2) is 5.13 Å². The second-order valence-electron chi connectivity index (χ2n) is 6.55. The molecular weight excluding hydrogens is 392 g/mol. The zero-order chi connectivity index (χ0) is 20.7. The fourth-order valence-corrected chi connectivity index (χ4v) is 4.15. The number of aliphatic hydroxyl groups is 1. The summed E-state index contributed by atoms with van der Waals surface area (Å²) < 4.78 is 10.7. The van der Waals surface area contributed by atoms with Crippen molar-refractivity contribution in [1.29, 1.82) is 0 Å². The van der Waals surface area contributed by atoms with E-state index in [-0.39, 0.29) is 11.3 Å². The number of aliphatic hydroxyl groups excluding tert-OH is 1. The number of ether oxygens (including phenoxy) is 1. The van der Waals surface area contributed by atoms with Gasteiger partial charge in [-0.25, -0.2) is 4.98 Å². The van der Waals surface area contributed by atoms with Crippen LogP contribution < -0.4 is 9.64 Å². The Balaban J connectivity index is 1.89. The average molecular weight is 410 g/mol. The Morgan fingerprint density at radius 2 is 1.93 bits per heavy atom. The highest BCUT2D eigenvalue weighted by Crippen LogP contribution is 2.43. The molecule has 7 nitrogen and oxygen atoms in total. The molecule has 0 radical (unpaired) electrons. The first kappa shape index (κ1) is 18.9. The number of Topliss-reactive ketones (excluding diaryl/α,β-unsaturated/α-hetero) is 1. The third kappa shape index (κ3) is 3.11. The zero-order valence-corrected chi connectivity index (χ0v) is 16.8. The van der Waals surface area contributed by atoms with E-state index in [1.807, 2.05) is 13.8 Å². The molecule has 1 N–H and O–H groups in total. The van der Waals surface area contributed by atoms with Crippen LogP contribution in [0.5, 0.6) is 5.75 Å². The molecule has 4 rings (SSSR count). The predicted molar refractivity (Wildman–Crippen MR) is 108 cm³/mol. The van der Waals surface area contributed by atoms with Crippen molar-refractivity contribution in [1.82, 2.24) is 4.98 Å². The fourth-order valence-electron chi connectivity index (χ4n) is 3.21. The largest absolute Gasteiger partial charge is 0.507 e. The van der Waals surface area contributed by atoms with E-state index in [4.69, 9.17) is 9.15 Å². The minimum Gasteiger partial charge on any atom is -0.507 e. The number of ketones is 1. The zero-order valence-electron chi connectivity index (χ0n) is 16.0. The van der Waals surface area contributed by atoms with Gasteiger partial charge in [-0.1, -0.05) is 0 Å². The number of carbonyl (C=O) groups excluding carboxylic acids is 2. The number of hydrogen-bond acceptors (Lipinski definition) is 7. The Bertz CT molecular complexity index is 1090. The summed E-state index contributed by atoms with van der Waals surface area (Å²) in [6.45, 7) is 3.73. The van der Waals surface area contributed by atoms with Crippen molar-refractivity contribution in [3.05, 3.63) is 70.1 Å². The van der Waals surface area contributed by atoms with Crippen LogP contribution >= 0.6 is 11.3 Å². The highest BCUT2D eigenvalue weighted by molar-refractivity contribution is 7.16. The summed E-state index contributed by atoms with van der Waals surface area (Å²) in [4.78, 5) is 32.5. The summed E-state index contributed by atoms with van der Waals surface area (Å²) >= 11 is 1.31. The number of benzene rings is 1. The van der Waals surface area contributed by atoms with Crippen LogP contribution in [0.4, 0.5) is 5.13 Å². The van der Waals surface area contributed by atoms with E-state index in [1.165, 1.54) is 29.6 Å². The summed E-state index contributed by atoms with van der Waals surface area (Å²) in [5.41, 5.74) is 1.13. The van der Waals surface area contributed by atoms with Crippen LogP contribution in [0.25, 0.3) is 5.76 Å². The van der Waals surface area contributed by atoms with E-state index in [1.54, 1.807) is 36.4 Å². The van der Waals surface area contributed by atoms with Gasteiger partial charge in [-0.3, -0.25) is 14.5 Å². The molecule has 1 aliphatic heterocycles. The number of thiazole rings is 1. The number of nitrogens with zero attached hydrogens (tertiary/aromatic N) is 2. The molecule has 2 aromatic heterocycles. The first-order valence-electron chi connectivity index (χ1n) is 8.85. The molecule has 1 fully saturated rings. The van der Waals surface area contributed by atoms with Crippen LogP contribution in [0.15, 0.2) is 52.7 Å². The van der Waals surface area contributed by atoms with E-state index in [0.717, 1.165) is 10.6 Å². The van der Waals surface area contributed by atoms with Gasteiger partial charge in [0.05, 0.1) is 24.6 Å². The lowest BCUT2D eigenvalue weighted by Gasteiger charge is -2.20. The van der Waals surface area contributed by atoms with Gasteiger partial charge in [0.1, 0.15) is 23.3 Å². The molecule has 1 aliphatic rings. The Morgan fingerprint density at radius 3 is 2.48 bits per heavy atom. The normalized spacial score (nSPS) is 18.4. The van der Waals surface area contributed by atoms with E-state index in [0.29, 0.717) is 22.2 Å². The van der Waals surface area contributed by atoms with Crippen LogP contribution in [-0.4, -0.2) is 28.9 Å². The van der Waals surface area contributed by atoms with Gasteiger partial charge in [-0.05, 0) is 50.2 Å². The quantitative estimate of drug-likeness (QED) is 0.397. The van der Waals surface area contributed by atoms with Crippen molar-refractivity contribution in [2.45, 2.75) is 19.9 Å². The number of aromatic nitrogens is 1. The predicted octanol–water partition coefficient (Wildman–Crippen LogP) is 3.99. The van der Waals surface area contributed by atoms with Crippen LogP contribution in [0, 0.1) is 13.8 Å². The van der Waals surface area contributed by atoms with Crippen molar-refractivity contribution in [3.8, 4) is 5.75 Å². The van der Waals surface area contributed by atoms with Crippen LogP contribution in [0.2, 0.25) is 0 Å². The maximum absolute atomic E-state index is 12.9. The number of furan rings is 1. The van der Waals surface area contributed by atoms with Crippen molar-refractivity contribution in [2.75, 3.05) is 12.0 Å². The molecule has 3 heterocycles. The molecule has 8 heteroatoms. The van der Waals surface area contributed by atoms with Gasteiger partial charge in [0, 0.05) is 10.4 Å². The number of anilines is 1. The third-order valence-corrected chi connectivity index (χ3v) is 5.92. The van der Waals surface area contributed by atoms with Gasteiger partial charge in [0.25, 0.3) is 5.78 Å². The van der Waals surface area contributed by atoms with Crippen molar-refractivity contribution >= 4 is 33.9 Å². The van der Waals surface area contributed by atoms with E-state index in [2.05, 4.69) is 4.98 Å². The first-order valence-corrected chi connectivity index (χ1v) is 9.67. The second kappa shape index (κ2) is 7.21. The standard InChI is InChI=1S/C21H18N2O5S/c1-11-12(2)29-21(22-11)23-17(15-5-4-10-28-15)16(19(25)20(23)26)18(24)13-6-8-14(27-3)9-7-13/h4-10,17,24H,1-3H3/b18-16-/t17-/m1/s1. The Morgan fingerprint density at radius 1 is 1.21 bits per heavy atom. The van der Waals surface area contributed by atoms with Gasteiger partial charge in [-0.2, -0.15) is 0 Å². The average Bonchev–Trinajstić information content (AvgIpc) is 3.42. The molecule has 0 saturated carbocycles. The van der Waals surface area contributed by atoms with E-state index in [9.17, 15) is 14.7 Å². The Hall–Kier alpha value is -3.39. The highest BCUT2D eigenvalue weighted by atomic mass is 32.1. The molecule has 0 aliphatic carbocycles. The van der Waals surface area contributed by atoms with Crippen LogP contribution in [0.3, 0.4) is 0 Å². The Kier molecular flexibility index (Phi) is 4.71. The molecule has 0 unspecified atom stereocenters. The summed E-state index contributed by atoms with van der Waals surface area (Å²) in [6, 6.07) is 9.01. The Labute approximate surface area is 170 Å². The maximum atomic E-state index is 12.9. The first-order chi connectivity index (χ1) is 13.9. The third-order valence-electron chi connectivity index (χ3n) is 4.84. The molecule has 1 atom stereocenters. The minimum absolute atomic E-state index is 0.0411. The number of methoxy groups -OCH3 is 1. The van der Waals surface area contributed by atoms with Crippen LogP contribution in [-0.2, 0) is 9.59 Å². The van der Waals surface area contributed by atoms with Gasteiger partial charge in [0.2, 0.25) is 0 Å². The highest BCUT2D eigenvalue weighted by Gasteiger charge is 2.49. The summed E-state index contributed by atoms with van der Waals surface area (Å²) in [5, 5.41) is 11.3. The van der Waals surface area contributed by atoms with Crippen molar-refractivity contribution in [2.24, 2.45) is 0 Å². The van der Waals surface area contributed by atoms with Gasteiger partial charge < -0.3 is 14.3 Å². The topological polar surface area (TPSA) is 92.9 Å². The number of aryl methyl sites for hydroxylation is 2. The monoisotopic (exact) mass is 410 g/mol. The molecule has 1 amide bonds. The number of rotatable bonds is 4. The van der Waals surface area contributed by atoms with Crippen molar-refractivity contribution < 1.29 is 23.8 Å². The molecule has 1 aromatic carbocycles. The number of amides is 1. The lowest BCUT2D eigenvalue weighted by molar-refractivity contribution is -0.132. The molecule has 3 aromatic rings. The van der Waals surface area contributed by atoms with Gasteiger partial charge in [-0.15, -0.1) is 11.3 Å². The van der Waals surface area contributed by atoms with Crippen LogP contribution in [0.1, 0.15) is 27.9 Å². The molecule has 29 heavy (non-hydrogen) atoms. The summed E-state index contributed by atoms with van der Waals surface area (Å²) in [6.07, 6.45) is 1.46. The SMILES string of the molecule is COc1ccc(/C(O)=C2/C(=O)C(=O)N(c3nc(C)c(C)s3)[C@@H]2c2ccco2)cc1. The van der Waals surface area contributed by atoms with Crippen molar-refractivity contribution in [3.63, 3.8) is 0 Å². The molecule has 0 spiro atoms. The number of carbonyl (C=O) groups is 2. The molecule has 1 saturated heterocycles. The molecular formula is C21H18N2O5S. The van der Waals surface area contributed by atoms with Gasteiger partial charge >= 0.3 is 5.91 Å². The van der Waals surface area contributed by atoms with E-state index >= 15 is 0 Å². The minimum atomic E-state index is -0.906. The second-order valence-corrected chi connectivity index (χ2v) is 7.73. The van der Waals surface area contributed by atoms with E-state index < -0.39 is 17.7 Å². The maximum Gasteiger partial charge on any atom is 0.302 e. The lowest BCUT2D eigenvalue weighted by atomic mass is 9.99. The smallest absolute Gasteiger partial charge is 0.302 e. The fraction of sp³-hybridized carbons (Fsp3) is 0.190.